The summed E-state index contributed by atoms with van der Waals surface area (Å²) in [5.74, 6) is 0.392. The highest BCUT2D eigenvalue weighted by atomic mass is 16.6. The van der Waals surface area contributed by atoms with Crippen molar-refractivity contribution >= 4 is 17.4 Å². The number of carbonyl (C=O) groups excluding carboxylic acids is 1. The van der Waals surface area contributed by atoms with Gasteiger partial charge in [-0.2, -0.15) is 0 Å². The van der Waals surface area contributed by atoms with Crippen LogP contribution in [0.2, 0.25) is 0 Å². The van der Waals surface area contributed by atoms with Gasteiger partial charge in [-0.25, -0.2) is 4.98 Å². The Kier molecular flexibility index (Phi) is 3.32. The van der Waals surface area contributed by atoms with Crippen LogP contribution in [0.5, 0.6) is 0 Å². The van der Waals surface area contributed by atoms with Gasteiger partial charge >= 0.3 is 0 Å². The second kappa shape index (κ2) is 4.90. The number of nitrogens with zero attached hydrogens (tertiary/aromatic N) is 2. The van der Waals surface area contributed by atoms with Crippen LogP contribution in [0.15, 0.2) is 18.3 Å². The topological polar surface area (TPSA) is 85.1 Å². The van der Waals surface area contributed by atoms with Gasteiger partial charge in [0, 0.05) is 12.0 Å². The Hall–Kier alpha value is -1.98. The Morgan fingerprint density at radius 1 is 1.41 bits per heavy atom. The van der Waals surface area contributed by atoms with E-state index in [0.29, 0.717) is 5.82 Å². The number of carbonyl (C=O) groups is 1. The molecule has 0 unspecified atom stereocenters. The molecule has 17 heavy (non-hydrogen) atoms. The van der Waals surface area contributed by atoms with Gasteiger partial charge in [-0.3, -0.25) is 14.9 Å². The van der Waals surface area contributed by atoms with Crippen molar-refractivity contribution in [1.29, 1.82) is 0 Å². The average molecular weight is 235 g/mol. The summed E-state index contributed by atoms with van der Waals surface area (Å²) in [4.78, 5) is 25.5. The van der Waals surface area contributed by atoms with Crippen molar-refractivity contribution in [3.05, 3.63) is 28.4 Å². The van der Waals surface area contributed by atoms with E-state index in [0.717, 1.165) is 31.9 Å². The maximum absolute atomic E-state index is 11.7. The number of nitro groups is 1. The van der Waals surface area contributed by atoms with Crippen molar-refractivity contribution in [3.63, 3.8) is 0 Å². The quantitative estimate of drug-likeness (QED) is 0.642. The summed E-state index contributed by atoms with van der Waals surface area (Å²) in [5.41, 5.74) is -0.0798. The Morgan fingerprint density at radius 2 is 2.12 bits per heavy atom. The lowest BCUT2D eigenvalue weighted by molar-refractivity contribution is -0.385. The molecular weight excluding hydrogens is 222 g/mol. The van der Waals surface area contributed by atoms with Crippen molar-refractivity contribution in [2.75, 3.05) is 5.32 Å². The van der Waals surface area contributed by atoms with E-state index >= 15 is 0 Å². The van der Waals surface area contributed by atoms with Gasteiger partial charge in [0.25, 0.3) is 5.69 Å². The minimum atomic E-state index is -0.518. The van der Waals surface area contributed by atoms with Gasteiger partial charge in [-0.1, -0.05) is 12.8 Å². The van der Waals surface area contributed by atoms with Crippen LogP contribution in [0, 0.1) is 16.0 Å². The van der Waals surface area contributed by atoms with Crippen LogP contribution in [0.25, 0.3) is 0 Å². The molecule has 0 aromatic carbocycles. The molecule has 6 nitrogen and oxygen atoms in total. The lowest BCUT2D eigenvalue weighted by Gasteiger charge is -2.08. The molecule has 90 valence electrons. The largest absolute Gasteiger partial charge is 0.310 e. The van der Waals surface area contributed by atoms with E-state index in [1.54, 1.807) is 0 Å². The predicted octanol–water partition coefficient (Wildman–Crippen LogP) is 2.12. The van der Waals surface area contributed by atoms with Gasteiger partial charge in [0.05, 0.1) is 4.92 Å². The Balaban J connectivity index is 1.98. The number of anilines is 1. The molecule has 1 N–H and O–H groups in total. The number of aromatic nitrogens is 1. The Morgan fingerprint density at radius 3 is 2.65 bits per heavy atom. The predicted molar refractivity (Wildman–Crippen MR) is 61.5 cm³/mol. The minimum absolute atomic E-state index is 0.0381. The summed E-state index contributed by atoms with van der Waals surface area (Å²) in [5, 5.41) is 13.1. The van der Waals surface area contributed by atoms with Crippen molar-refractivity contribution in [2.45, 2.75) is 25.7 Å². The fraction of sp³-hybridized carbons (Fsp3) is 0.455. The van der Waals surface area contributed by atoms with Crippen LogP contribution >= 0.6 is 0 Å². The second-order valence-corrected chi connectivity index (χ2v) is 4.13. The monoisotopic (exact) mass is 235 g/mol. The van der Waals surface area contributed by atoms with E-state index in [9.17, 15) is 14.9 Å². The molecule has 1 aromatic rings. The molecule has 0 spiro atoms. The summed E-state index contributed by atoms with van der Waals surface area (Å²) in [6.45, 7) is 0. The molecular formula is C11H13N3O3. The van der Waals surface area contributed by atoms with Crippen molar-refractivity contribution < 1.29 is 9.72 Å². The summed E-state index contributed by atoms with van der Waals surface area (Å²) >= 11 is 0. The Labute approximate surface area is 98.2 Å². The van der Waals surface area contributed by atoms with Gasteiger partial charge in [-0.05, 0) is 18.9 Å². The number of rotatable bonds is 3. The molecule has 1 aromatic heterocycles. The molecule has 1 aliphatic carbocycles. The van der Waals surface area contributed by atoms with E-state index in [-0.39, 0.29) is 17.5 Å². The van der Waals surface area contributed by atoms with Crippen molar-refractivity contribution in [2.24, 2.45) is 5.92 Å². The molecule has 1 amide bonds. The molecule has 0 bridgehead atoms. The van der Waals surface area contributed by atoms with Gasteiger partial charge < -0.3 is 5.32 Å². The third-order valence-electron chi connectivity index (χ3n) is 2.94. The third kappa shape index (κ3) is 2.77. The fourth-order valence-corrected chi connectivity index (χ4v) is 1.98. The molecule has 1 aliphatic rings. The zero-order valence-electron chi connectivity index (χ0n) is 9.26. The van der Waals surface area contributed by atoms with E-state index in [2.05, 4.69) is 10.3 Å². The summed E-state index contributed by atoms with van der Waals surface area (Å²) in [6.07, 6.45) is 5.15. The van der Waals surface area contributed by atoms with E-state index < -0.39 is 4.92 Å². The van der Waals surface area contributed by atoms with Gasteiger partial charge in [-0.15, -0.1) is 0 Å². The SMILES string of the molecule is O=C(Nc1ccc([N+](=O)[O-])cn1)C1CCCC1. The minimum Gasteiger partial charge on any atom is -0.310 e. The van der Waals surface area contributed by atoms with Crippen LogP contribution in [0.3, 0.4) is 0 Å². The van der Waals surface area contributed by atoms with Crippen LogP contribution < -0.4 is 5.32 Å². The number of hydrogen-bond donors (Lipinski definition) is 1. The van der Waals surface area contributed by atoms with E-state index in [1.807, 2.05) is 0 Å². The van der Waals surface area contributed by atoms with Crippen molar-refractivity contribution in [3.8, 4) is 0 Å². The summed E-state index contributed by atoms with van der Waals surface area (Å²) < 4.78 is 0. The number of hydrogen-bond acceptors (Lipinski definition) is 4. The zero-order chi connectivity index (χ0) is 12.3. The van der Waals surface area contributed by atoms with Gasteiger partial charge in [0.15, 0.2) is 0 Å². The first kappa shape index (κ1) is 11.5. The molecule has 0 atom stereocenters. The normalized spacial score (nSPS) is 15.8. The number of pyridine rings is 1. The molecule has 6 heteroatoms. The highest BCUT2D eigenvalue weighted by molar-refractivity contribution is 5.91. The first-order valence-electron chi connectivity index (χ1n) is 5.58. The standard InChI is InChI=1S/C11H13N3O3/c15-11(8-3-1-2-4-8)13-10-6-5-9(7-12-10)14(16)17/h5-8H,1-4H2,(H,12,13,15). The first-order valence-corrected chi connectivity index (χ1v) is 5.58. The highest BCUT2D eigenvalue weighted by Gasteiger charge is 2.22. The van der Waals surface area contributed by atoms with Crippen LogP contribution in [0.1, 0.15) is 25.7 Å². The van der Waals surface area contributed by atoms with Crippen molar-refractivity contribution in [1.82, 2.24) is 4.98 Å². The van der Waals surface area contributed by atoms with Crippen LogP contribution in [-0.2, 0) is 4.79 Å². The fourth-order valence-electron chi connectivity index (χ4n) is 1.98. The van der Waals surface area contributed by atoms with E-state index in [4.69, 9.17) is 0 Å². The zero-order valence-corrected chi connectivity index (χ0v) is 9.26. The molecule has 2 rings (SSSR count). The lowest BCUT2D eigenvalue weighted by Crippen LogP contribution is -2.20. The summed E-state index contributed by atoms with van der Waals surface area (Å²) in [7, 11) is 0. The lowest BCUT2D eigenvalue weighted by atomic mass is 10.1. The number of amides is 1. The molecule has 1 heterocycles. The molecule has 0 aliphatic heterocycles. The second-order valence-electron chi connectivity index (χ2n) is 4.13. The smallest absolute Gasteiger partial charge is 0.287 e. The van der Waals surface area contributed by atoms with Gasteiger partial charge in [0.2, 0.25) is 5.91 Å². The van der Waals surface area contributed by atoms with E-state index in [1.165, 1.54) is 12.1 Å². The maximum atomic E-state index is 11.7. The summed E-state index contributed by atoms with van der Waals surface area (Å²) in [6, 6.07) is 2.78. The van der Waals surface area contributed by atoms with Crippen LogP contribution in [-0.4, -0.2) is 15.8 Å². The molecule has 0 radical (unpaired) electrons. The van der Waals surface area contributed by atoms with Crippen LogP contribution in [0.4, 0.5) is 11.5 Å². The Bertz CT molecular complexity index is 424. The highest BCUT2D eigenvalue weighted by Crippen LogP contribution is 2.25. The van der Waals surface area contributed by atoms with Gasteiger partial charge in [0.1, 0.15) is 12.0 Å². The molecule has 1 fully saturated rings. The molecule has 0 saturated heterocycles. The first-order chi connectivity index (χ1) is 8.16. The average Bonchev–Trinajstić information content (AvgIpc) is 2.83. The number of nitrogens with one attached hydrogen (secondary N) is 1. The maximum Gasteiger partial charge on any atom is 0.287 e. The molecule has 1 saturated carbocycles. The third-order valence-corrected chi connectivity index (χ3v) is 2.94.